The summed E-state index contributed by atoms with van der Waals surface area (Å²) in [4.78, 5) is 38.6. The maximum atomic E-state index is 11.4. The molecule has 2 rings (SSSR count). The minimum atomic E-state index is -0.980. The first-order valence-electron chi connectivity index (χ1n) is 4.77. The zero-order chi connectivity index (χ0) is 13.9. The van der Waals surface area contributed by atoms with Crippen molar-refractivity contribution >= 4 is 28.7 Å². The van der Waals surface area contributed by atoms with E-state index in [0.717, 1.165) is 4.57 Å². The van der Waals surface area contributed by atoms with E-state index in [-0.39, 0.29) is 17.1 Å². The van der Waals surface area contributed by atoms with Crippen LogP contribution >= 0.6 is 11.6 Å². The zero-order valence-electron chi connectivity index (χ0n) is 9.68. The summed E-state index contributed by atoms with van der Waals surface area (Å²) in [5.74, 6) is -1.29. The Balaban J connectivity index is 0.000000280. The first kappa shape index (κ1) is 14.0. The molecule has 0 saturated heterocycles. The SMILES string of the molecule is Cn1c(=O)c2[nH]cnc2n(C)c1=O.O=C(O)CCl. The molecule has 0 bridgehead atoms. The molecule has 8 nitrogen and oxygen atoms in total. The van der Waals surface area contributed by atoms with Crippen LogP contribution in [0.15, 0.2) is 15.9 Å². The zero-order valence-corrected chi connectivity index (χ0v) is 10.4. The predicted octanol–water partition coefficient (Wildman–Crippen LogP) is -0.730. The molecule has 18 heavy (non-hydrogen) atoms. The number of aromatic nitrogens is 4. The van der Waals surface area contributed by atoms with Crippen molar-refractivity contribution in [3.05, 3.63) is 27.2 Å². The van der Waals surface area contributed by atoms with E-state index in [0.29, 0.717) is 11.2 Å². The van der Waals surface area contributed by atoms with Crippen LogP contribution in [0.2, 0.25) is 0 Å². The van der Waals surface area contributed by atoms with Crippen LogP contribution in [0, 0.1) is 0 Å². The number of aromatic amines is 1. The van der Waals surface area contributed by atoms with Crippen LogP contribution < -0.4 is 11.2 Å². The number of fused-ring (bicyclic) bond motifs is 1. The third-order valence-electron chi connectivity index (χ3n) is 2.14. The molecule has 0 radical (unpaired) electrons. The molecule has 0 fully saturated rings. The molecule has 2 heterocycles. The van der Waals surface area contributed by atoms with Gasteiger partial charge in [0.15, 0.2) is 5.65 Å². The highest BCUT2D eigenvalue weighted by atomic mass is 35.5. The van der Waals surface area contributed by atoms with Gasteiger partial charge in [0.25, 0.3) is 5.56 Å². The minimum Gasteiger partial charge on any atom is -0.480 e. The topological polar surface area (TPSA) is 110 Å². The number of aliphatic carboxylic acids is 1. The Hall–Kier alpha value is -2.09. The Bertz CT molecular complexity index is 684. The maximum Gasteiger partial charge on any atom is 0.332 e. The average Bonchev–Trinajstić information content (AvgIpc) is 2.83. The predicted molar refractivity (Wildman–Crippen MR) is 64.9 cm³/mol. The van der Waals surface area contributed by atoms with Gasteiger partial charge in [-0.25, -0.2) is 9.78 Å². The van der Waals surface area contributed by atoms with Crippen molar-refractivity contribution in [3.8, 4) is 0 Å². The number of carboxylic acids is 1. The molecule has 9 heteroatoms. The van der Waals surface area contributed by atoms with Gasteiger partial charge in [-0.3, -0.25) is 18.7 Å². The van der Waals surface area contributed by atoms with Crippen molar-refractivity contribution in [2.45, 2.75) is 0 Å². The summed E-state index contributed by atoms with van der Waals surface area (Å²) in [6.07, 6.45) is 1.39. The van der Waals surface area contributed by atoms with Gasteiger partial charge in [0.2, 0.25) is 0 Å². The third-order valence-corrected chi connectivity index (χ3v) is 2.37. The van der Waals surface area contributed by atoms with Crippen LogP contribution in [-0.2, 0) is 18.9 Å². The monoisotopic (exact) mass is 274 g/mol. The lowest BCUT2D eigenvalue weighted by Gasteiger charge is -2.00. The Morgan fingerprint density at radius 3 is 2.50 bits per heavy atom. The Labute approximate surface area is 105 Å². The molecule has 0 unspecified atom stereocenters. The lowest BCUT2D eigenvalue weighted by Crippen LogP contribution is -2.36. The van der Waals surface area contributed by atoms with E-state index in [2.05, 4.69) is 9.97 Å². The van der Waals surface area contributed by atoms with Crippen molar-refractivity contribution in [1.82, 2.24) is 19.1 Å². The molecule has 0 amide bonds. The van der Waals surface area contributed by atoms with Gasteiger partial charge in [-0.05, 0) is 0 Å². The normalized spacial score (nSPS) is 9.94. The Morgan fingerprint density at radius 2 is 2.00 bits per heavy atom. The quantitative estimate of drug-likeness (QED) is 0.666. The molecule has 0 aliphatic rings. The number of alkyl halides is 1. The van der Waals surface area contributed by atoms with Crippen molar-refractivity contribution in [2.24, 2.45) is 14.1 Å². The standard InChI is InChI=1S/C7H8N4O2.C2H3ClO2/c1-10-5-4(8-3-9-5)6(12)11(2)7(10)13;3-1-2(4)5/h3H,1-2H3,(H,8,9);1H2,(H,4,5). The molecule has 98 valence electrons. The number of nitrogens with zero attached hydrogens (tertiary/aromatic N) is 3. The van der Waals surface area contributed by atoms with E-state index in [9.17, 15) is 14.4 Å². The highest BCUT2D eigenvalue weighted by Crippen LogP contribution is 1.97. The number of hydrogen-bond donors (Lipinski definition) is 2. The van der Waals surface area contributed by atoms with Crippen molar-refractivity contribution in [1.29, 1.82) is 0 Å². The van der Waals surface area contributed by atoms with E-state index in [1.54, 1.807) is 7.05 Å². The molecule has 0 aliphatic carbocycles. The highest BCUT2D eigenvalue weighted by molar-refractivity contribution is 6.26. The second kappa shape index (κ2) is 5.50. The minimum absolute atomic E-state index is 0.306. The van der Waals surface area contributed by atoms with Gasteiger partial charge in [0.1, 0.15) is 11.4 Å². The summed E-state index contributed by atoms with van der Waals surface area (Å²) in [6, 6.07) is 0. The number of rotatable bonds is 1. The molecular formula is C9H11ClN4O4. The largest absolute Gasteiger partial charge is 0.480 e. The molecule has 0 aliphatic heterocycles. The van der Waals surface area contributed by atoms with Gasteiger partial charge in [-0.2, -0.15) is 0 Å². The van der Waals surface area contributed by atoms with E-state index in [4.69, 9.17) is 16.7 Å². The second-order valence-electron chi connectivity index (χ2n) is 3.33. The summed E-state index contributed by atoms with van der Waals surface area (Å²) < 4.78 is 2.37. The lowest BCUT2D eigenvalue weighted by atomic mass is 10.5. The number of aryl methyl sites for hydroxylation is 1. The molecule has 0 aromatic carbocycles. The first-order chi connectivity index (χ1) is 8.40. The van der Waals surface area contributed by atoms with E-state index in [1.807, 2.05) is 0 Å². The van der Waals surface area contributed by atoms with Crippen LogP contribution in [0.25, 0.3) is 11.2 Å². The van der Waals surface area contributed by atoms with Gasteiger partial charge >= 0.3 is 11.7 Å². The van der Waals surface area contributed by atoms with Crippen LogP contribution in [-0.4, -0.2) is 36.1 Å². The van der Waals surface area contributed by atoms with Crippen LogP contribution in [0.1, 0.15) is 0 Å². The number of carboxylic acid groups (broad SMARTS) is 1. The second-order valence-corrected chi connectivity index (χ2v) is 3.60. The summed E-state index contributed by atoms with van der Waals surface area (Å²) in [5, 5.41) is 7.59. The van der Waals surface area contributed by atoms with Crippen molar-refractivity contribution in [2.75, 3.05) is 5.88 Å². The molecule has 2 N–H and O–H groups in total. The highest BCUT2D eigenvalue weighted by Gasteiger charge is 2.08. The number of halogens is 1. The van der Waals surface area contributed by atoms with Crippen LogP contribution in [0.5, 0.6) is 0 Å². The van der Waals surface area contributed by atoms with Crippen molar-refractivity contribution in [3.63, 3.8) is 0 Å². The van der Waals surface area contributed by atoms with Gasteiger partial charge in [-0.15, -0.1) is 11.6 Å². The number of nitrogens with one attached hydrogen (secondary N) is 1. The van der Waals surface area contributed by atoms with Crippen LogP contribution in [0.4, 0.5) is 0 Å². The molecule has 0 spiro atoms. The van der Waals surface area contributed by atoms with Crippen LogP contribution in [0.3, 0.4) is 0 Å². The first-order valence-corrected chi connectivity index (χ1v) is 5.30. The smallest absolute Gasteiger partial charge is 0.332 e. The van der Waals surface area contributed by atoms with Gasteiger partial charge < -0.3 is 10.1 Å². The molecule has 2 aromatic heterocycles. The van der Waals surface area contributed by atoms with E-state index in [1.165, 1.54) is 17.9 Å². The fourth-order valence-electron chi connectivity index (χ4n) is 1.27. The molecule has 2 aromatic rings. The van der Waals surface area contributed by atoms with Gasteiger partial charge in [-0.1, -0.05) is 0 Å². The van der Waals surface area contributed by atoms with Crippen molar-refractivity contribution < 1.29 is 9.90 Å². The van der Waals surface area contributed by atoms with E-state index < -0.39 is 5.97 Å². The number of carbonyl (C=O) groups is 1. The summed E-state index contributed by atoms with van der Waals surface area (Å²) in [6.45, 7) is 0. The molecule has 0 atom stereocenters. The van der Waals surface area contributed by atoms with E-state index >= 15 is 0 Å². The summed E-state index contributed by atoms with van der Waals surface area (Å²) in [5.41, 5.74) is 0.0119. The molecular weight excluding hydrogens is 264 g/mol. The Kier molecular flexibility index (Phi) is 4.27. The average molecular weight is 275 g/mol. The third kappa shape index (κ3) is 2.59. The fourth-order valence-corrected chi connectivity index (χ4v) is 1.27. The number of hydrogen-bond acceptors (Lipinski definition) is 4. The number of H-pyrrole nitrogens is 1. The fraction of sp³-hybridized carbons (Fsp3) is 0.333. The summed E-state index contributed by atoms with van der Waals surface area (Å²) >= 11 is 4.74. The lowest BCUT2D eigenvalue weighted by molar-refractivity contribution is -0.134. The summed E-state index contributed by atoms with van der Waals surface area (Å²) in [7, 11) is 3.01. The molecule has 0 saturated carbocycles. The Morgan fingerprint density at radius 1 is 1.44 bits per heavy atom. The van der Waals surface area contributed by atoms with Gasteiger partial charge in [0, 0.05) is 14.1 Å². The van der Waals surface area contributed by atoms with Gasteiger partial charge in [0.05, 0.1) is 6.33 Å². The maximum absolute atomic E-state index is 11.4. The number of imidazole rings is 1.